The molecule has 1 fully saturated rings. The number of benzene rings is 2. The third-order valence-electron chi connectivity index (χ3n) is 5.70. The number of fused-ring (bicyclic) bond motifs is 1. The number of nitrogens with one attached hydrogen (secondary N) is 1. The maximum Gasteiger partial charge on any atom is 0.338 e. The van der Waals surface area contributed by atoms with Gasteiger partial charge in [-0.15, -0.1) is 0 Å². The lowest BCUT2D eigenvalue weighted by Crippen LogP contribution is -2.61. The van der Waals surface area contributed by atoms with Crippen molar-refractivity contribution < 1.29 is 28.7 Å². The third-order valence-corrected chi connectivity index (χ3v) is 5.70. The summed E-state index contributed by atoms with van der Waals surface area (Å²) in [6.45, 7) is -0.843. The van der Waals surface area contributed by atoms with Crippen molar-refractivity contribution in [3.05, 3.63) is 54.1 Å². The Labute approximate surface area is 184 Å². The van der Waals surface area contributed by atoms with Crippen molar-refractivity contribution in [1.82, 2.24) is 0 Å². The first-order valence-electron chi connectivity index (χ1n) is 10.3. The highest BCUT2D eigenvalue weighted by molar-refractivity contribution is 6.15. The van der Waals surface area contributed by atoms with E-state index in [-0.39, 0.29) is 23.8 Å². The fourth-order valence-corrected chi connectivity index (χ4v) is 4.27. The summed E-state index contributed by atoms with van der Waals surface area (Å²) in [7, 11) is 0. The second-order valence-electron chi connectivity index (χ2n) is 7.80. The smallest absolute Gasteiger partial charge is 0.338 e. The zero-order chi connectivity index (χ0) is 22.7. The summed E-state index contributed by atoms with van der Waals surface area (Å²) >= 11 is 0. The molecule has 1 heterocycles. The van der Waals surface area contributed by atoms with Gasteiger partial charge in [-0.3, -0.25) is 19.3 Å². The van der Waals surface area contributed by atoms with Crippen LogP contribution >= 0.6 is 0 Å². The van der Waals surface area contributed by atoms with Gasteiger partial charge in [-0.2, -0.15) is 0 Å². The number of nitrogens with two attached hydrogens (primary N) is 1. The molecular formula is C23H23N3O6. The van der Waals surface area contributed by atoms with E-state index in [9.17, 15) is 19.2 Å². The van der Waals surface area contributed by atoms with E-state index >= 15 is 0 Å². The van der Waals surface area contributed by atoms with E-state index in [1.165, 1.54) is 17.0 Å². The van der Waals surface area contributed by atoms with E-state index in [2.05, 4.69) is 5.32 Å². The number of hydrogen-bond donors (Lipinski definition) is 2. The van der Waals surface area contributed by atoms with E-state index in [1.807, 2.05) is 0 Å². The Balaban J connectivity index is 1.51. The Morgan fingerprint density at radius 1 is 1.03 bits per heavy atom. The Bertz CT molecular complexity index is 1080. The number of ether oxygens (including phenoxy) is 2. The molecule has 3 N–H and O–H groups in total. The van der Waals surface area contributed by atoms with Crippen LogP contribution in [0.5, 0.6) is 5.75 Å². The van der Waals surface area contributed by atoms with Gasteiger partial charge in [0.2, 0.25) is 0 Å². The van der Waals surface area contributed by atoms with E-state index < -0.39 is 29.9 Å². The van der Waals surface area contributed by atoms with E-state index in [0.717, 1.165) is 12.8 Å². The lowest BCUT2D eigenvalue weighted by Gasteiger charge is -2.44. The van der Waals surface area contributed by atoms with Gasteiger partial charge in [-0.1, -0.05) is 31.0 Å². The van der Waals surface area contributed by atoms with Crippen LogP contribution in [0, 0.1) is 0 Å². The van der Waals surface area contributed by atoms with Gasteiger partial charge in [0.25, 0.3) is 17.7 Å². The molecule has 0 atom stereocenters. The zero-order valence-electron chi connectivity index (χ0n) is 17.3. The van der Waals surface area contributed by atoms with Crippen LogP contribution in [-0.4, -0.2) is 42.4 Å². The Kier molecular flexibility index (Phi) is 5.81. The predicted octanol–water partition coefficient (Wildman–Crippen LogP) is 2.01. The molecule has 0 aromatic heterocycles. The summed E-state index contributed by atoms with van der Waals surface area (Å²) in [5.74, 6) is -1.78. The summed E-state index contributed by atoms with van der Waals surface area (Å²) < 4.78 is 10.5. The SMILES string of the molecule is NC(=O)COc1cccc(C(=O)OCC(=O)N2c3ccccc3NC(=O)C23CCCC3)c1. The molecule has 1 aliphatic heterocycles. The highest BCUT2D eigenvalue weighted by Gasteiger charge is 2.52. The molecule has 32 heavy (non-hydrogen) atoms. The van der Waals surface area contributed by atoms with Crippen molar-refractivity contribution in [3.63, 3.8) is 0 Å². The number of carbonyl (C=O) groups is 4. The first-order valence-corrected chi connectivity index (χ1v) is 10.3. The molecule has 1 saturated carbocycles. The molecule has 0 unspecified atom stereocenters. The van der Waals surface area contributed by atoms with Crippen LogP contribution in [0.1, 0.15) is 36.0 Å². The summed E-state index contributed by atoms with van der Waals surface area (Å²) in [5.41, 5.74) is 5.39. The number of para-hydroxylation sites is 2. The summed E-state index contributed by atoms with van der Waals surface area (Å²) in [6.07, 6.45) is 2.76. The largest absolute Gasteiger partial charge is 0.484 e. The lowest BCUT2D eigenvalue weighted by molar-refractivity contribution is -0.129. The van der Waals surface area contributed by atoms with Crippen LogP contribution in [0.2, 0.25) is 0 Å². The van der Waals surface area contributed by atoms with Crippen molar-refractivity contribution in [2.45, 2.75) is 31.2 Å². The number of primary amides is 1. The fraction of sp³-hybridized carbons (Fsp3) is 0.304. The molecule has 0 saturated heterocycles. The molecule has 1 spiro atoms. The van der Waals surface area contributed by atoms with E-state index in [0.29, 0.717) is 24.2 Å². The van der Waals surface area contributed by atoms with Crippen LogP contribution in [0.4, 0.5) is 11.4 Å². The minimum atomic E-state index is -0.972. The molecule has 3 amide bonds. The molecule has 9 nitrogen and oxygen atoms in total. The molecule has 1 aliphatic carbocycles. The van der Waals surface area contributed by atoms with E-state index in [4.69, 9.17) is 15.2 Å². The van der Waals surface area contributed by atoms with Gasteiger partial charge in [0, 0.05) is 0 Å². The summed E-state index contributed by atoms with van der Waals surface area (Å²) in [6, 6.07) is 13.1. The minimum Gasteiger partial charge on any atom is -0.484 e. The summed E-state index contributed by atoms with van der Waals surface area (Å²) in [4.78, 5) is 51.1. The minimum absolute atomic E-state index is 0.159. The van der Waals surface area contributed by atoms with Crippen LogP contribution in [-0.2, 0) is 19.1 Å². The Morgan fingerprint density at radius 3 is 2.53 bits per heavy atom. The molecular weight excluding hydrogens is 414 g/mol. The summed E-state index contributed by atoms with van der Waals surface area (Å²) in [5, 5.41) is 2.91. The maximum absolute atomic E-state index is 13.2. The molecule has 2 aromatic rings. The Morgan fingerprint density at radius 2 is 1.78 bits per heavy atom. The second kappa shape index (κ2) is 8.70. The molecule has 9 heteroatoms. The van der Waals surface area contributed by atoms with Crippen molar-refractivity contribution in [1.29, 1.82) is 0 Å². The van der Waals surface area contributed by atoms with Gasteiger partial charge in [0.05, 0.1) is 16.9 Å². The topological polar surface area (TPSA) is 128 Å². The lowest BCUT2D eigenvalue weighted by atomic mass is 9.90. The fourth-order valence-electron chi connectivity index (χ4n) is 4.27. The normalized spacial score (nSPS) is 16.2. The van der Waals surface area contributed by atoms with Crippen molar-refractivity contribution in [3.8, 4) is 5.75 Å². The van der Waals surface area contributed by atoms with Crippen molar-refractivity contribution >= 4 is 35.1 Å². The number of nitrogens with zero attached hydrogens (tertiary/aromatic N) is 1. The van der Waals surface area contributed by atoms with Gasteiger partial charge in [-0.25, -0.2) is 4.79 Å². The highest BCUT2D eigenvalue weighted by atomic mass is 16.5. The van der Waals surface area contributed by atoms with E-state index in [1.54, 1.807) is 36.4 Å². The van der Waals surface area contributed by atoms with Gasteiger partial charge in [-0.05, 0) is 43.2 Å². The van der Waals surface area contributed by atoms with Crippen LogP contribution < -0.4 is 20.7 Å². The van der Waals surface area contributed by atoms with Crippen LogP contribution in [0.3, 0.4) is 0 Å². The second-order valence-corrected chi connectivity index (χ2v) is 7.80. The first-order chi connectivity index (χ1) is 15.4. The van der Waals surface area contributed by atoms with Crippen LogP contribution in [0.15, 0.2) is 48.5 Å². The number of rotatable bonds is 6. The monoisotopic (exact) mass is 437 g/mol. The maximum atomic E-state index is 13.2. The first kappa shape index (κ1) is 21.4. The number of anilines is 2. The average molecular weight is 437 g/mol. The zero-order valence-corrected chi connectivity index (χ0v) is 17.3. The van der Waals surface area contributed by atoms with Gasteiger partial charge >= 0.3 is 5.97 Å². The number of esters is 1. The quantitative estimate of drug-likeness (QED) is 0.666. The molecule has 166 valence electrons. The third kappa shape index (κ3) is 4.01. The van der Waals surface area contributed by atoms with Crippen molar-refractivity contribution in [2.24, 2.45) is 5.73 Å². The molecule has 0 bridgehead atoms. The van der Waals surface area contributed by atoms with Gasteiger partial charge in [0.15, 0.2) is 13.2 Å². The molecule has 2 aromatic carbocycles. The molecule has 0 radical (unpaired) electrons. The number of hydrogen-bond acceptors (Lipinski definition) is 6. The molecule has 4 rings (SSSR count). The Hall–Kier alpha value is -3.88. The van der Waals surface area contributed by atoms with Gasteiger partial charge in [0.1, 0.15) is 11.3 Å². The predicted molar refractivity (Wildman–Crippen MR) is 115 cm³/mol. The van der Waals surface area contributed by atoms with Crippen molar-refractivity contribution in [2.75, 3.05) is 23.4 Å². The highest BCUT2D eigenvalue weighted by Crippen LogP contribution is 2.45. The number of amides is 3. The number of carbonyl (C=O) groups excluding carboxylic acids is 4. The standard InChI is InChI=1S/C23H23N3O6/c24-19(27)13-31-16-7-5-6-15(12-16)21(29)32-14-20(28)26-18-9-2-1-8-17(18)25-22(30)23(26)10-3-4-11-23/h1-2,5-9,12H,3-4,10-11,13-14H2,(H2,24,27)(H,25,30). The van der Waals surface area contributed by atoms with Gasteiger partial charge < -0.3 is 20.5 Å². The van der Waals surface area contributed by atoms with Crippen LogP contribution in [0.25, 0.3) is 0 Å². The average Bonchev–Trinajstić information content (AvgIpc) is 3.27. The molecule has 2 aliphatic rings.